The molecule has 0 aromatic heterocycles. The lowest BCUT2D eigenvalue weighted by Crippen LogP contribution is -2.37. The summed E-state index contributed by atoms with van der Waals surface area (Å²) in [6, 6.07) is 13.7. The smallest absolute Gasteiger partial charge is 0.173 e. The van der Waals surface area contributed by atoms with E-state index in [1.165, 1.54) is 12.1 Å². The Balaban J connectivity index is 1.76. The molecule has 28 heavy (non-hydrogen) atoms. The zero-order chi connectivity index (χ0) is 19.6. The number of nitrogens with zero attached hydrogens (tertiary/aromatic N) is 1. The van der Waals surface area contributed by atoms with E-state index in [0.717, 1.165) is 22.5 Å². The number of carbonyl (C=O) groups excluding carboxylic acids is 2. The van der Waals surface area contributed by atoms with Crippen LogP contribution in [0.15, 0.2) is 64.8 Å². The standard InChI is InChI=1S/C24H20FNO2/c1-24(2)11-17-20(18(27)12-24)19(13-7-9-14(25)10-8-13)21-22(26-17)15-5-3-4-6-16(15)23(21)28/h3-10,19,21H,11-12H2,1-2H3/t19-,21-/m1/s1. The van der Waals surface area contributed by atoms with Gasteiger partial charge in [0.1, 0.15) is 5.82 Å². The van der Waals surface area contributed by atoms with Crippen LogP contribution in [0.1, 0.15) is 54.1 Å². The first-order valence-corrected chi connectivity index (χ1v) is 9.60. The summed E-state index contributed by atoms with van der Waals surface area (Å²) in [6.45, 7) is 4.14. The van der Waals surface area contributed by atoms with Crippen LogP contribution in [0.25, 0.3) is 0 Å². The van der Waals surface area contributed by atoms with Gasteiger partial charge in [-0.25, -0.2) is 4.39 Å². The molecule has 4 heteroatoms. The molecule has 0 unspecified atom stereocenters. The highest BCUT2D eigenvalue weighted by molar-refractivity contribution is 6.30. The van der Waals surface area contributed by atoms with Crippen LogP contribution in [-0.4, -0.2) is 17.3 Å². The molecule has 0 N–H and O–H groups in total. The Morgan fingerprint density at radius 1 is 0.929 bits per heavy atom. The Morgan fingerprint density at radius 2 is 1.61 bits per heavy atom. The van der Waals surface area contributed by atoms with Crippen molar-refractivity contribution in [2.24, 2.45) is 16.3 Å². The zero-order valence-electron chi connectivity index (χ0n) is 15.8. The first-order chi connectivity index (χ1) is 13.4. The highest BCUT2D eigenvalue weighted by Crippen LogP contribution is 2.51. The van der Waals surface area contributed by atoms with E-state index < -0.39 is 11.8 Å². The number of carbonyl (C=O) groups is 2. The lowest BCUT2D eigenvalue weighted by atomic mass is 9.66. The molecule has 1 aliphatic heterocycles. The van der Waals surface area contributed by atoms with Gasteiger partial charge in [-0.1, -0.05) is 50.2 Å². The molecule has 2 aliphatic carbocycles. The van der Waals surface area contributed by atoms with Crippen molar-refractivity contribution in [3.63, 3.8) is 0 Å². The third kappa shape index (κ3) is 2.44. The maximum absolute atomic E-state index is 13.6. The van der Waals surface area contributed by atoms with Crippen LogP contribution in [0.3, 0.4) is 0 Å². The van der Waals surface area contributed by atoms with E-state index in [4.69, 9.17) is 4.99 Å². The van der Waals surface area contributed by atoms with Crippen molar-refractivity contribution >= 4 is 17.3 Å². The largest absolute Gasteiger partial charge is 0.294 e. The fraction of sp³-hybridized carbons (Fsp3) is 0.292. The van der Waals surface area contributed by atoms with E-state index >= 15 is 0 Å². The molecule has 5 rings (SSSR count). The molecule has 3 nitrogen and oxygen atoms in total. The Hall–Kier alpha value is -2.88. The van der Waals surface area contributed by atoms with Crippen LogP contribution >= 0.6 is 0 Å². The highest BCUT2D eigenvalue weighted by Gasteiger charge is 2.50. The summed E-state index contributed by atoms with van der Waals surface area (Å²) >= 11 is 0. The van der Waals surface area contributed by atoms with E-state index in [1.807, 2.05) is 24.3 Å². The fourth-order valence-electron chi connectivity index (χ4n) is 4.92. The lowest BCUT2D eigenvalue weighted by molar-refractivity contribution is -0.118. The SMILES string of the molecule is CC1(C)CC(=O)C2=C(C1)N=C1c3ccccc3C(=O)[C@@H]1[C@@H]2c1ccc(F)cc1. The highest BCUT2D eigenvalue weighted by atomic mass is 19.1. The Kier molecular flexibility index (Phi) is 3.57. The second-order valence-corrected chi connectivity index (χ2v) is 8.72. The van der Waals surface area contributed by atoms with Crippen LogP contribution in [0.2, 0.25) is 0 Å². The minimum Gasteiger partial charge on any atom is -0.294 e. The van der Waals surface area contributed by atoms with Gasteiger partial charge in [-0.15, -0.1) is 0 Å². The van der Waals surface area contributed by atoms with Gasteiger partial charge in [0, 0.05) is 34.7 Å². The number of benzene rings is 2. The van der Waals surface area contributed by atoms with E-state index in [9.17, 15) is 14.0 Å². The quantitative estimate of drug-likeness (QED) is 0.716. The number of hydrogen-bond acceptors (Lipinski definition) is 3. The number of aliphatic imine (C=N–C) groups is 1. The van der Waals surface area contributed by atoms with Crippen molar-refractivity contribution in [2.75, 3.05) is 0 Å². The van der Waals surface area contributed by atoms with Crippen molar-refractivity contribution in [1.29, 1.82) is 0 Å². The van der Waals surface area contributed by atoms with Gasteiger partial charge in [-0.2, -0.15) is 0 Å². The topological polar surface area (TPSA) is 46.5 Å². The van der Waals surface area contributed by atoms with E-state index in [-0.39, 0.29) is 22.8 Å². The predicted octanol–water partition coefficient (Wildman–Crippen LogP) is 4.87. The minimum atomic E-state index is -0.522. The second kappa shape index (κ2) is 5.81. The molecule has 0 amide bonds. The summed E-state index contributed by atoms with van der Waals surface area (Å²) in [6.07, 6.45) is 1.13. The summed E-state index contributed by atoms with van der Waals surface area (Å²) < 4.78 is 13.6. The molecule has 3 aliphatic rings. The van der Waals surface area contributed by atoms with Gasteiger partial charge in [0.15, 0.2) is 11.6 Å². The monoisotopic (exact) mass is 373 g/mol. The van der Waals surface area contributed by atoms with Gasteiger partial charge in [0.05, 0.1) is 11.6 Å². The molecule has 0 saturated heterocycles. The molecule has 2 atom stereocenters. The number of fused-ring (bicyclic) bond motifs is 3. The first kappa shape index (κ1) is 17.2. The number of allylic oxidation sites excluding steroid dienone is 2. The molecular weight excluding hydrogens is 353 g/mol. The number of rotatable bonds is 1. The molecule has 2 aromatic carbocycles. The number of Topliss-reactive ketones (excluding diaryl/α,β-unsaturated/α-hetero) is 2. The predicted molar refractivity (Wildman–Crippen MR) is 105 cm³/mol. The lowest BCUT2D eigenvalue weighted by Gasteiger charge is -2.38. The number of hydrogen-bond donors (Lipinski definition) is 0. The summed E-state index contributed by atoms with van der Waals surface area (Å²) in [5.74, 6) is -1.22. The van der Waals surface area contributed by atoms with Crippen molar-refractivity contribution in [1.82, 2.24) is 0 Å². The molecular formula is C24H20FNO2. The van der Waals surface area contributed by atoms with Crippen molar-refractivity contribution < 1.29 is 14.0 Å². The van der Waals surface area contributed by atoms with E-state index in [1.54, 1.807) is 12.1 Å². The van der Waals surface area contributed by atoms with Gasteiger partial charge in [0.2, 0.25) is 0 Å². The molecule has 0 bridgehead atoms. The normalized spacial score (nSPS) is 25.2. The van der Waals surface area contributed by atoms with Gasteiger partial charge < -0.3 is 0 Å². The zero-order valence-corrected chi connectivity index (χ0v) is 15.8. The third-order valence-corrected chi connectivity index (χ3v) is 6.07. The maximum atomic E-state index is 13.6. The summed E-state index contributed by atoms with van der Waals surface area (Å²) in [5.41, 5.74) is 4.31. The molecule has 0 spiro atoms. The Bertz CT molecular complexity index is 1090. The first-order valence-electron chi connectivity index (χ1n) is 9.60. The Labute approximate surface area is 163 Å². The molecule has 0 saturated carbocycles. The summed E-state index contributed by atoms with van der Waals surface area (Å²) in [5, 5.41) is 0. The number of ketones is 2. The van der Waals surface area contributed by atoms with Crippen LogP contribution in [0, 0.1) is 17.2 Å². The third-order valence-electron chi connectivity index (χ3n) is 6.07. The maximum Gasteiger partial charge on any atom is 0.173 e. The van der Waals surface area contributed by atoms with Crippen LogP contribution in [0.5, 0.6) is 0 Å². The molecule has 140 valence electrons. The molecule has 1 heterocycles. The van der Waals surface area contributed by atoms with Gasteiger partial charge in [0.25, 0.3) is 0 Å². The Morgan fingerprint density at radius 3 is 2.32 bits per heavy atom. The average Bonchev–Trinajstić information content (AvgIpc) is 2.93. The second-order valence-electron chi connectivity index (χ2n) is 8.72. The summed E-state index contributed by atoms with van der Waals surface area (Å²) in [4.78, 5) is 31.3. The van der Waals surface area contributed by atoms with E-state index in [0.29, 0.717) is 24.0 Å². The number of halogens is 1. The average molecular weight is 373 g/mol. The molecule has 0 radical (unpaired) electrons. The van der Waals surface area contributed by atoms with Crippen LogP contribution < -0.4 is 0 Å². The van der Waals surface area contributed by atoms with Crippen LogP contribution in [0.4, 0.5) is 4.39 Å². The van der Waals surface area contributed by atoms with E-state index in [2.05, 4.69) is 13.8 Å². The summed E-state index contributed by atoms with van der Waals surface area (Å²) in [7, 11) is 0. The fourth-order valence-corrected chi connectivity index (χ4v) is 4.92. The molecule has 2 aromatic rings. The van der Waals surface area contributed by atoms with Crippen LogP contribution in [-0.2, 0) is 4.79 Å². The van der Waals surface area contributed by atoms with Gasteiger partial charge in [-0.05, 0) is 29.5 Å². The van der Waals surface area contributed by atoms with Crippen molar-refractivity contribution in [2.45, 2.75) is 32.6 Å². The minimum absolute atomic E-state index is 0.00661. The van der Waals surface area contributed by atoms with Gasteiger partial charge >= 0.3 is 0 Å². The molecule has 0 fully saturated rings. The van der Waals surface area contributed by atoms with Crippen molar-refractivity contribution in [3.8, 4) is 0 Å². The van der Waals surface area contributed by atoms with Gasteiger partial charge in [-0.3, -0.25) is 14.6 Å². The van der Waals surface area contributed by atoms with Crippen molar-refractivity contribution in [3.05, 3.63) is 82.3 Å².